The number of hydrogen-bond donors (Lipinski definition) is 1. The first-order valence-electron chi connectivity index (χ1n) is 7.98. The zero-order valence-electron chi connectivity index (χ0n) is 14.7. The van der Waals surface area contributed by atoms with Gasteiger partial charge in [0.2, 0.25) is 0 Å². The van der Waals surface area contributed by atoms with Crippen molar-refractivity contribution in [1.29, 1.82) is 0 Å². The van der Waals surface area contributed by atoms with Crippen molar-refractivity contribution >= 4 is 57.2 Å². The van der Waals surface area contributed by atoms with Crippen molar-refractivity contribution in [2.45, 2.75) is 26.3 Å². The van der Waals surface area contributed by atoms with Gasteiger partial charge in [-0.2, -0.15) is 0 Å². The summed E-state index contributed by atoms with van der Waals surface area (Å²) in [5.41, 5.74) is 0. The molecule has 0 spiro atoms. The first-order valence-corrected chi connectivity index (χ1v) is 9.59. The summed E-state index contributed by atoms with van der Waals surface area (Å²) in [6.07, 6.45) is 2.28. The summed E-state index contributed by atoms with van der Waals surface area (Å²) in [4.78, 5) is 7.70. The Morgan fingerprint density at radius 3 is 2.54 bits per heavy atom. The predicted molar refractivity (Wildman–Crippen MR) is 117 cm³/mol. The Balaban J connectivity index is 0.00000529. The molecule has 1 aromatic heterocycles. The van der Waals surface area contributed by atoms with E-state index in [1.165, 1.54) is 11.3 Å². The average Bonchev–Trinajstić information content (AvgIpc) is 2.94. The van der Waals surface area contributed by atoms with Gasteiger partial charge < -0.3 is 19.7 Å². The number of halogens is 2. The molecule has 0 aromatic carbocycles. The molecule has 0 aliphatic heterocycles. The lowest BCUT2D eigenvalue weighted by molar-refractivity contribution is 0.0486. The van der Waals surface area contributed by atoms with Crippen LogP contribution < -0.4 is 5.32 Å². The van der Waals surface area contributed by atoms with Crippen LogP contribution >= 0.6 is 51.2 Å². The molecule has 0 aliphatic carbocycles. The minimum Gasteiger partial charge on any atom is -0.379 e. The summed E-state index contributed by atoms with van der Waals surface area (Å²) < 4.78 is 12.1. The van der Waals surface area contributed by atoms with Crippen molar-refractivity contribution in [1.82, 2.24) is 10.2 Å². The van der Waals surface area contributed by atoms with Gasteiger partial charge in [-0.25, -0.2) is 0 Å². The summed E-state index contributed by atoms with van der Waals surface area (Å²) in [5, 5.41) is 3.31. The molecule has 0 unspecified atom stereocenters. The molecule has 1 rings (SSSR count). The minimum absolute atomic E-state index is 0. The SMILES string of the molecule is CCCCOCCOCCNC(=NC)N(C)Cc1ccc(Br)s1.I. The van der Waals surface area contributed by atoms with Crippen LogP contribution in [0.2, 0.25) is 0 Å². The fourth-order valence-electron chi connectivity index (χ4n) is 1.93. The minimum atomic E-state index is 0. The lowest BCUT2D eigenvalue weighted by Crippen LogP contribution is -2.39. The zero-order chi connectivity index (χ0) is 16.9. The monoisotopic (exact) mass is 533 g/mol. The van der Waals surface area contributed by atoms with E-state index in [-0.39, 0.29) is 24.0 Å². The van der Waals surface area contributed by atoms with Crippen LogP contribution in [-0.2, 0) is 16.0 Å². The Morgan fingerprint density at radius 1 is 1.25 bits per heavy atom. The molecule has 5 nitrogen and oxygen atoms in total. The highest BCUT2D eigenvalue weighted by molar-refractivity contribution is 14.0. The molecule has 0 saturated heterocycles. The summed E-state index contributed by atoms with van der Waals surface area (Å²) in [6.45, 7) is 6.52. The maximum absolute atomic E-state index is 5.54. The van der Waals surface area contributed by atoms with E-state index in [4.69, 9.17) is 9.47 Å². The third-order valence-corrected chi connectivity index (χ3v) is 4.75. The molecule has 0 atom stereocenters. The van der Waals surface area contributed by atoms with Gasteiger partial charge >= 0.3 is 0 Å². The van der Waals surface area contributed by atoms with Gasteiger partial charge in [-0.1, -0.05) is 13.3 Å². The summed E-state index contributed by atoms with van der Waals surface area (Å²) in [7, 11) is 3.83. The molecule has 24 heavy (non-hydrogen) atoms. The van der Waals surface area contributed by atoms with Crippen molar-refractivity contribution in [3.63, 3.8) is 0 Å². The molecule has 8 heteroatoms. The Labute approximate surface area is 175 Å². The van der Waals surface area contributed by atoms with Crippen LogP contribution in [0, 0.1) is 0 Å². The number of guanidine groups is 1. The average molecular weight is 534 g/mol. The van der Waals surface area contributed by atoms with E-state index >= 15 is 0 Å². The molecule has 1 N–H and O–H groups in total. The molecule has 0 aliphatic rings. The molecule has 0 radical (unpaired) electrons. The number of aliphatic imine (C=N–C) groups is 1. The Hall–Kier alpha value is 0.1000. The van der Waals surface area contributed by atoms with Crippen LogP contribution in [0.3, 0.4) is 0 Å². The number of ether oxygens (including phenoxy) is 2. The quantitative estimate of drug-likeness (QED) is 0.202. The van der Waals surface area contributed by atoms with E-state index in [0.29, 0.717) is 19.8 Å². The van der Waals surface area contributed by atoms with Gasteiger partial charge in [-0.15, -0.1) is 35.3 Å². The van der Waals surface area contributed by atoms with Crippen molar-refractivity contribution in [3.05, 3.63) is 20.8 Å². The third-order valence-electron chi connectivity index (χ3n) is 3.14. The molecular formula is C16H29BrIN3O2S. The third kappa shape index (κ3) is 10.9. The second kappa shape index (κ2) is 15.4. The fourth-order valence-corrected chi connectivity index (χ4v) is 3.47. The van der Waals surface area contributed by atoms with E-state index in [1.807, 2.05) is 7.05 Å². The van der Waals surface area contributed by atoms with E-state index in [9.17, 15) is 0 Å². The number of nitrogens with one attached hydrogen (secondary N) is 1. The highest BCUT2D eigenvalue weighted by atomic mass is 127. The largest absolute Gasteiger partial charge is 0.379 e. The second-order valence-electron chi connectivity index (χ2n) is 5.11. The maximum atomic E-state index is 5.54. The van der Waals surface area contributed by atoms with Gasteiger partial charge in [-0.05, 0) is 34.5 Å². The van der Waals surface area contributed by atoms with Gasteiger partial charge in [0, 0.05) is 32.1 Å². The Morgan fingerprint density at radius 2 is 1.96 bits per heavy atom. The predicted octanol–water partition coefficient (Wildman–Crippen LogP) is 3.97. The van der Waals surface area contributed by atoms with Crippen molar-refractivity contribution in [2.24, 2.45) is 4.99 Å². The first-order chi connectivity index (χ1) is 11.2. The van der Waals surface area contributed by atoms with Crippen molar-refractivity contribution in [2.75, 3.05) is 47.1 Å². The standard InChI is InChI=1S/C16H28BrN3O2S.HI/c1-4-5-9-21-11-12-22-10-8-19-16(18-2)20(3)13-14-6-7-15(17)23-14;/h6-7H,4-5,8-13H2,1-3H3,(H,18,19);1H. The molecule has 1 aromatic rings. The first kappa shape index (κ1) is 24.1. The van der Waals surface area contributed by atoms with Crippen LogP contribution in [0.5, 0.6) is 0 Å². The molecule has 0 fully saturated rings. The molecule has 0 bridgehead atoms. The number of rotatable bonds is 11. The second-order valence-corrected chi connectivity index (χ2v) is 7.66. The summed E-state index contributed by atoms with van der Waals surface area (Å²) in [5.74, 6) is 0.873. The van der Waals surface area contributed by atoms with Crippen molar-refractivity contribution < 1.29 is 9.47 Å². The van der Waals surface area contributed by atoms with Crippen LogP contribution in [0.25, 0.3) is 0 Å². The van der Waals surface area contributed by atoms with E-state index < -0.39 is 0 Å². The van der Waals surface area contributed by atoms with Crippen LogP contribution in [0.15, 0.2) is 20.9 Å². The highest BCUT2D eigenvalue weighted by Crippen LogP contribution is 2.22. The summed E-state index contributed by atoms with van der Waals surface area (Å²) >= 11 is 5.23. The normalized spacial score (nSPS) is 11.2. The number of hydrogen-bond acceptors (Lipinski definition) is 4. The number of unbranched alkanes of at least 4 members (excludes halogenated alkanes) is 1. The van der Waals surface area contributed by atoms with E-state index in [0.717, 1.165) is 35.9 Å². The zero-order valence-corrected chi connectivity index (χ0v) is 19.4. The fraction of sp³-hybridized carbons (Fsp3) is 0.688. The van der Waals surface area contributed by atoms with Gasteiger partial charge in [0.1, 0.15) is 0 Å². The van der Waals surface area contributed by atoms with Gasteiger partial charge in [0.25, 0.3) is 0 Å². The Bertz CT molecular complexity index is 460. The molecular weight excluding hydrogens is 505 g/mol. The highest BCUT2D eigenvalue weighted by Gasteiger charge is 2.07. The summed E-state index contributed by atoms with van der Waals surface area (Å²) in [6, 6.07) is 4.20. The van der Waals surface area contributed by atoms with Crippen LogP contribution in [0.4, 0.5) is 0 Å². The van der Waals surface area contributed by atoms with Gasteiger partial charge in [-0.3, -0.25) is 4.99 Å². The van der Waals surface area contributed by atoms with E-state index in [1.54, 1.807) is 18.4 Å². The molecule has 0 amide bonds. The molecule has 0 saturated carbocycles. The number of thiophene rings is 1. The van der Waals surface area contributed by atoms with Crippen LogP contribution in [-0.4, -0.2) is 57.9 Å². The van der Waals surface area contributed by atoms with Gasteiger partial charge in [0.15, 0.2) is 5.96 Å². The number of nitrogens with zero attached hydrogens (tertiary/aromatic N) is 2. The van der Waals surface area contributed by atoms with Gasteiger partial charge in [0.05, 0.1) is 30.2 Å². The van der Waals surface area contributed by atoms with Crippen molar-refractivity contribution in [3.8, 4) is 0 Å². The van der Waals surface area contributed by atoms with E-state index in [2.05, 4.69) is 50.2 Å². The Kier molecular flexibility index (Phi) is 15.4. The smallest absolute Gasteiger partial charge is 0.193 e. The lowest BCUT2D eigenvalue weighted by atomic mass is 10.4. The lowest BCUT2D eigenvalue weighted by Gasteiger charge is -2.21. The molecule has 1 heterocycles. The van der Waals surface area contributed by atoms with Crippen LogP contribution in [0.1, 0.15) is 24.6 Å². The molecule has 140 valence electrons. The maximum Gasteiger partial charge on any atom is 0.193 e. The topological polar surface area (TPSA) is 46.1 Å².